The molecule has 104 valence electrons. The van der Waals surface area contributed by atoms with Crippen LogP contribution in [0.3, 0.4) is 0 Å². The molecule has 1 amide bonds. The van der Waals surface area contributed by atoms with Crippen molar-refractivity contribution < 1.29 is 19.1 Å². The Morgan fingerprint density at radius 3 is 2.89 bits per heavy atom. The van der Waals surface area contributed by atoms with Crippen LogP contribution in [0.15, 0.2) is 16.7 Å². The lowest BCUT2D eigenvalue weighted by atomic mass is 9.93. The summed E-state index contributed by atoms with van der Waals surface area (Å²) in [4.78, 5) is 24.3. The molecule has 1 fully saturated rings. The third-order valence-electron chi connectivity index (χ3n) is 3.74. The molecular formula is C13H18N2O4. The first kappa shape index (κ1) is 13.6. The molecule has 0 aromatic carbocycles. The monoisotopic (exact) mass is 266 g/mol. The Kier molecular flexibility index (Phi) is 3.90. The average Bonchev–Trinajstić information content (AvgIpc) is 2.80. The lowest BCUT2D eigenvalue weighted by Gasteiger charge is -2.36. The molecule has 1 aromatic rings. The van der Waals surface area contributed by atoms with E-state index < -0.39 is 5.97 Å². The number of carbonyl (C=O) groups is 2. The van der Waals surface area contributed by atoms with Crippen molar-refractivity contribution in [2.45, 2.75) is 32.4 Å². The first-order valence-electron chi connectivity index (χ1n) is 6.32. The van der Waals surface area contributed by atoms with Crippen molar-refractivity contribution in [3.8, 4) is 0 Å². The molecule has 2 rings (SSSR count). The molecule has 0 spiro atoms. The van der Waals surface area contributed by atoms with Crippen LogP contribution in [0, 0.1) is 5.92 Å². The Balaban J connectivity index is 2.10. The molecule has 2 atom stereocenters. The van der Waals surface area contributed by atoms with Crippen molar-refractivity contribution in [2.24, 2.45) is 11.7 Å². The molecule has 0 saturated carbocycles. The highest BCUT2D eigenvalue weighted by Gasteiger charge is 2.30. The molecular weight excluding hydrogens is 248 g/mol. The highest BCUT2D eigenvalue weighted by molar-refractivity contribution is 5.88. The summed E-state index contributed by atoms with van der Waals surface area (Å²) >= 11 is 0. The Morgan fingerprint density at radius 1 is 1.53 bits per heavy atom. The standard InChI is InChI=1S/C13H18N2O4/c1-8-2-3-9(12(14)16)6-15(8)7-11-10(13(17)18)4-5-19-11/h4-5,8-9H,2-3,6-7H2,1H3,(H2,14,16)(H,17,18). The molecule has 19 heavy (non-hydrogen) atoms. The fraction of sp³-hybridized carbons (Fsp3) is 0.538. The van der Waals surface area contributed by atoms with Crippen LogP contribution in [0.1, 0.15) is 35.9 Å². The molecule has 6 nitrogen and oxygen atoms in total. The number of hydrogen-bond donors (Lipinski definition) is 2. The minimum Gasteiger partial charge on any atom is -0.478 e. The number of aromatic carboxylic acids is 1. The molecule has 6 heteroatoms. The number of nitrogens with two attached hydrogens (primary N) is 1. The van der Waals surface area contributed by atoms with Crippen molar-refractivity contribution in [2.75, 3.05) is 6.54 Å². The van der Waals surface area contributed by atoms with Crippen molar-refractivity contribution >= 4 is 11.9 Å². The fourth-order valence-electron chi connectivity index (χ4n) is 2.47. The lowest BCUT2D eigenvalue weighted by molar-refractivity contribution is -0.124. The van der Waals surface area contributed by atoms with Gasteiger partial charge in [-0.2, -0.15) is 0 Å². The molecule has 3 N–H and O–H groups in total. The molecule has 1 saturated heterocycles. The van der Waals surface area contributed by atoms with Gasteiger partial charge >= 0.3 is 5.97 Å². The molecule has 1 aromatic heterocycles. The van der Waals surface area contributed by atoms with Gasteiger partial charge in [0.2, 0.25) is 5.91 Å². The Hall–Kier alpha value is -1.82. The van der Waals surface area contributed by atoms with E-state index in [-0.39, 0.29) is 23.4 Å². The molecule has 2 unspecified atom stereocenters. The summed E-state index contributed by atoms with van der Waals surface area (Å²) in [6.45, 7) is 3.00. The molecule has 0 bridgehead atoms. The number of nitrogens with zero attached hydrogens (tertiary/aromatic N) is 1. The average molecular weight is 266 g/mol. The topological polar surface area (TPSA) is 96.8 Å². The van der Waals surface area contributed by atoms with E-state index in [1.54, 1.807) is 0 Å². The van der Waals surface area contributed by atoms with Gasteiger partial charge in [0.25, 0.3) is 0 Å². The number of carboxylic acids is 1. The summed E-state index contributed by atoms with van der Waals surface area (Å²) in [6.07, 6.45) is 3.03. The lowest BCUT2D eigenvalue weighted by Crippen LogP contribution is -2.45. The normalized spacial score (nSPS) is 24.3. The number of hydrogen-bond acceptors (Lipinski definition) is 4. The van der Waals surface area contributed by atoms with Gasteiger partial charge in [-0.25, -0.2) is 4.79 Å². The van der Waals surface area contributed by atoms with Crippen LogP contribution in [-0.4, -0.2) is 34.5 Å². The van der Waals surface area contributed by atoms with Gasteiger partial charge in [0, 0.05) is 12.6 Å². The molecule has 0 radical (unpaired) electrons. The third-order valence-corrected chi connectivity index (χ3v) is 3.74. The van der Waals surface area contributed by atoms with Crippen molar-refractivity contribution in [3.63, 3.8) is 0 Å². The number of rotatable bonds is 4. The summed E-state index contributed by atoms with van der Waals surface area (Å²) in [5.41, 5.74) is 5.52. The summed E-state index contributed by atoms with van der Waals surface area (Å²) in [7, 11) is 0. The second kappa shape index (κ2) is 5.44. The SMILES string of the molecule is CC1CCC(C(N)=O)CN1Cc1occc1C(=O)O. The number of amides is 1. The van der Waals surface area contributed by atoms with Crippen LogP contribution in [0.5, 0.6) is 0 Å². The Morgan fingerprint density at radius 2 is 2.26 bits per heavy atom. The van der Waals surface area contributed by atoms with Gasteiger partial charge in [-0.15, -0.1) is 0 Å². The maximum absolute atomic E-state index is 11.3. The van der Waals surface area contributed by atoms with E-state index >= 15 is 0 Å². The summed E-state index contributed by atoms with van der Waals surface area (Å²) in [5.74, 6) is -1.04. The number of carbonyl (C=O) groups excluding carboxylic acids is 1. The number of primary amides is 1. The molecule has 0 aliphatic carbocycles. The largest absolute Gasteiger partial charge is 0.478 e. The molecule has 2 heterocycles. The number of furan rings is 1. The minimum absolute atomic E-state index is 0.167. The van der Waals surface area contributed by atoms with E-state index in [4.69, 9.17) is 15.3 Å². The second-order valence-electron chi connectivity index (χ2n) is 5.02. The number of carboxylic acid groups (broad SMARTS) is 1. The van der Waals surface area contributed by atoms with Crippen LogP contribution in [-0.2, 0) is 11.3 Å². The van der Waals surface area contributed by atoms with Crippen molar-refractivity contribution in [3.05, 3.63) is 23.7 Å². The zero-order valence-electron chi connectivity index (χ0n) is 10.8. The van der Waals surface area contributed by atoms with Gasteiger partial charge in [-0.3, -0.25) is 9.69 Å². The summed E-state index contributed by atoms with van der Waals surface area (Å²) < 4.78 is 5.23. The summed E-state index contributed by atoms with van der Waals surface area (Å²) in [6, 6.07) is 1.72. The smallest absolute Gasteiger partial charge is 0.339 e. The Bertz CT molecular complexity index is 483. The van der Waals surface area contributed by atoms with Gasteiger partial charge in [-0.05, 0) is 25.8 Å². The van der Waals surface area contributed by atoms with Crippen molar-refractivity contribution in [1.29, 1.82) is 0 Å². The van der Waals surface area contributed by atoms with Crippen LogP contribution < -0.4 is 5.73 Å². The van der Waals surface area contributed by atoms with Gasteiger partial charge in [0.1, 0.15) is 11.3 Å². The van der Waals surface area contributed by atoms with E-state index in [0.29, 0.717) is 18.8 Å². The number of likely N-dealkylation sites (tertiary alicyclic amines) is 1. The molecule has 1 aliphatic rings. The van der Waals surface area contributed by atoms with Crippen LogP contribution in [0.25, 0.3) is 0 Å². The summed E-state index contributed by atoms with van der Waals surface area (Å²) in [5, 5.41) is 9.04. The fourth-order valence-corrected chi connectivity index (χ4v) is 2.47. The van der Waals surface area contributed by atoms with Crippen molar-refractivity contribution in [1.82, 2.24) is 4.90 Å². The molecule has 1 aliphatic heterocycles. The highest BCUT2D eigenvalue weighted by atomic mass is 16.4. The third kappa shape index (κ3) is 2.96. The van der Waals surface area contributed by atoms with E-state index in [1.807, 2.05) is 4.90 Å². The zero-order chi connectivity index (χ0) is 14.0. The maximum Gasteiger partial charge on any atom is 0.339 e. The van der Waals surface area contributed by atoms with E-state index in [1.165, 1.54) is 12.3 Å². The maximum atomic E-state index is 11.3. The predicted octanol–water partition coefficient (Wildman–Crippen LogP) is 1.06. The first-order valence-corrected chi connectivity index (χ1v) is 6.32. The highest BCUT2D eigenvalue weighted by Crippen LogP contribution is 2.24. The van der Waals surface area contributed by atoms with Crippen LogP contribution >= 0.6 is 0 Å². The van der Waals surface area contributed by atoms with E-state index in [2.05, 4.69) is 6.92 Å². The van der Waals surface area contributed by atoms with Crippen LogP contribution in [0.4, 0.5) is 0 Å². The minimum atomic E-state index is -1.00. The van der Waals surface area contributed by atoms with Gasteiger partial charge in [0.05, 0.1) is 18.7 Å². The van der Waals surface area contributed by atoms with Gasteiger partial charge in [-0.1, -0.05) is 0 Å². The van der Waals surface area contributed by atoms with E-state index in [9.17, 15) is 9.59 Å². The number of piperidine rings is 1. The quantitative estimate of drug-likeness (QED) is 0.849. The Labute approximate surface area is 111 Å². The van der Waals surface area contributed by atoms with Crippen LogP contribution in [0.2, 0.25) is 0 Å². The predicted molar refractivity (Wildman–Crippen MR) is 67.5 cm³/mol. The zero-order valence-corrected chi connectivity index (χ0v) is 10.8. The van der Waals surface area contributed by atoms with Gasteiger partial charge in [0.15, 0.2) is 0 Å². The second-order valence-corrected chi connectivity index (χ2v) is 5.02. The van der Waals surface area contributed by atoms with Gasteiger partial charge < -0.3 is 15.3 Å². The van der Waals surface area contributed by atoms with E-state index in [0.717, 1.165) is 12.8 Å². The first-order chi connectivity index (χ1) is 8.99.